The Morgan fingerprint density at radius 3 is 3.11 bits per heavy atom. The molecule has 6 nitrogen and oxygen atoms in total. The zero-order chi connectivity index (χ0) is 12.5. The largest absolute Gasteiger partial charge is 0.380 e. The number of aryl methyl sites for hydroxylation is 1. The second-order valence-corrected chi connectivity index (χ2v) is 5.89. The highest BCUT2D eigenvalue weighted by atomic mass is 32.2. The van der Waals surface area contributed by atoms with Gasteiger partial charge in [0.1, 0.15) is 5.69 Å². The van der Waals surface area contributed by atoms with Crippen LogP contribution in [0.1, 0.15) is 12.8 Å². The minimum Gasteiger partial charge on any atom is -0.380 e. The van der Waals surface area contributed by atoms with Gasteiger partial charge in [0.2, 0.25) is 0 Å². The lowest BCUT2D eigenvalue weighted by atomic mass is 10.2. The predicted octanol–water partition coefficient (Wildman–Crippen LogP) is 1.16. The molecule has 2 aromatic heterocycles. The Labute approximate surface area is 110 Å². The zero-order valence-corrected chi connectivity index (χ0v) is 11.1. The number of hydrogen-bond acceptors (Lipinski definition) is 5. The molecule has 0 amide bonds. The molecule has 1 fully saturated rings. The second kappa shape index (κ2) is 4.64. The molecule has 18 heavy (non-hydrogen) atoms. The molecule has 0 bridgehead atoms. The maximum Gasteiger partial charge on any atom is 0.175 e. The molecule has 2 aromatic rings. The fraction of sp³-hybridized carbons (Fsp3) is 0.545. The number of aromatic nitrogens is 5. The molecule has 0 saturated carbocycles. The van der Waals surface area contributed by atoms with Crippen LogP contribution in [0.5, 0.6) is 0 Å². The Kier molecular flexibility index (Phi) is 2.99. The van der Waals surface area contributed by atoms with Crippen molar-refractivity contribution in [3.8, 4) is 11.4 Å². The first kappa shape index (κ1) is 11.6. The number of nitrogen functional groups attached to an aromatic ring is 1. The van der Waals surface area contributed by atoms with Crippen molar-refractivity contribution in [2.75, 3.05) is 11.5 Å². The summed E-state index contributed by atoms with van der Waals surface area (Å²) in [5, 5.41) is 13.0. The summed E-state index contributed by atoms with van der Waals surface area (Å²) in [6.45, 7) is 0.870. The lowest BCUT2D eigenvalue weighted by Gasteiger charge is -2.11. The molecule has 3 rings (SSSR count). The van der Waals surface area contributed by atoms with Crippen LogP contribution in [-0.4, -0.2) is 35.8 Å². The van der Waals surface area contributed by atoms with Crippen LogP contribution in [0, 0.1) is 0 Å². The van der Waals surface area contributed by atoms with Crippen molar-refractivity contribution in [1.82, 2.24) is 24.8 Å². The summed E-state index contributed by atoms with van der Waals surface area (Å²) in [6.07, 6.45) is 4.30. The summed E-state index contributed by atoms with van der Waals surface area (Å²) in [6, 6.07) is 1.94. The minimum absolute atomic E-state index is 0.474. The van der Waals surface area contributed by atoms with Crippen molar-refractivity contribution in [1.29, 1.82) is 0 Å². The van der Waals surface area contributed by atoms with Crippen LogP contribution in [0.2, 0.25) is 0 Å². The Balaban J connectivity index is 1.93. The first-order valence-corrected chi connectivity index (χ1v) is 7.09. The maximum atomic E-state index is 5.93. The highest BCUT2D eigenvalue weighted by molar-refractivity contribution is 8.00. The van der Waals surface area contributed by atoms with E-state index in [0.29, 0.717) is 11.1 Å². The summed E-state index contributed by atoms with van der Waals surface area (Å²) in [5.74, 6) is 1.72. The number of thioether (sulfide) groups is 1. The van der Waals surface area contributed by atoms with E-state index in [0.717, 1.165) is 17.9 Å². The van der Waals surface area contributed by atoms with Gasteiger partial charge in [0, 0.05) is 18.5 Å². The second-order valence-electron chi connectivity index (χ2n) is 4.48. The average Bonchev–Trinajstić information content (AvgIpc) is 3.04. The van der Waals surface area contributed by atoms with Crippen LogP contribution in [0.4, 0.5) is 5.82 Å². The summed E-state index contributed by atoms with van der Waals surface area (Å²) in [4.78, 5) is 0. The van der Waals surface area contributed by atoms with Crippen LogP contribution in [0.15, 0.2) is 12.3 Å². The number of nitrogens with two attached hydrogens (primary N) is 1. The van der Waals surface area contributed by atoms with E-state index in [-0.39, 0.29) is 0 Å². The van der Waals surface area contributed by atoms with E-state index in [1.807, 2.05) is 29.6 Å². The van der Waals surface area contributed by atoms with E-state index in [4.69, 9.17) is 5.73 Å². The smallest absolute Gasteiger partial charge is 0.175 e. The van der Waals surface area contributed by atoms with Gasteiger partial charge in [-0.3, -0.25) is 4.68 Å². The summed E-state index contributed by atoms with van der Waals surface area (Å²) in [5.41, 5.74) is 7.77. The molecule has 0 spiro atoms. The van der Waals surface area contributed by atoms with Gasteiger partial charge in [-0.1, -0.05) is 5.21 Å². The van der Waals surface area contributed by atoms with Crippen molar-refractivity contribution in [3.63, 3.8) is 0 Å². The van der Waals surface area contributed by atoms with Crippen LogP contribution in [0.3, 0.4) is 0 Å². The van der Waals surface area contributed by atoms with Gasteiger partial charge in [0.05, 0.1) is 12.2 Å². The molecule has 1 aliphatic heterocycles. The van der Waals surface area contributed by atoms with E-state index in [9.17, 15) is 0 Å². The van der Waals surface area contributed by atoms with Crippen LogP contribution in [-0.2, 0) is 13.6 Å². The third-order valence-corrected chi connectivity index (χ3v) is 4.61. The summed E-state index contributed by atoms with van der Waals surface area (Å²) < 4.78 is 3.71. The number of nitrogens with zero attached hydrogens (tertiary/aromatic N) is 5. The van der Waals surface area contributed by atoms with Crippen molar-refractivity contribution in [3.05, 3.63) is 12.3 Å². The van der Waals surface area contributed by atoms with Crippen molar-refractivity contribution >= 4 is 17.6 Å². The molecule has 96 valence electrons. The van der Waals surface area contributed by atoms with E-state index in [1.165, 1.54) is 18.6 Å². The molecule has 3 heterocycles. The van der Waals surface area contributed by atoms with Gasteiger partial charge in [-0.25, -0.2) is 4.68 Å². The highest BCUT2D eigenvalue weighted by Crippen LogP contribution is 2.30. The summed E-state index contributed by atoms with van der Waals surface area (Å²) >= 11 is 2.00. The average molecular weight is 264 g/mol. The van der Waals surface area contributed by atoms with Crippen LogP contribution >= 0.6 is 11.8 Å². The van der Waals surface area contributed by atoms with Crippen LogP contribution < -0.4 is 5.73 Å². The molecular formula is C11H16N6S. The molecule has 0 aromatic carbocycles. The number of anilines is 1. The minimum atomic E-state index is 0.474. The Bertz CT molecular complexity index is 539. The third kappa shape index (κ3) is 1.98. The highest BCUT2D eigenvalue weighted by Gasteiger charge is 2.21. The SMILES string of the molecule is Cn1nccc1-c1c(N)nnn1CC1CCCS1. The number of rotatable bonds is 3. The van der Waals surface area contributed by atoms with E-state index in [1.54, 1.807) is 10.9 Å². The Morgan fingerprint density at radius 1 is 1.56 bits per heavy atom. The van der Waals surface area contributed by atoms with E-state index >= 15 is 0 Å². The van der Waals surface area contributed by atoms with Gasteiger partial charge in [0.25, 0.3) is 0 Å². The fourth-order valence-electron chi connectivity index (χ4n) is 2.31. The fourth-order valence-corrected chi connectivity index (χ4v) is 3.55. The van der Waals surface area contributed by atoms with Crippen molar-refractivity contribution in [2.24, 2.45) is 7.05 Å². The summed E-state index contributed by atoms with van der Waals surface area (Å²) in [7, 11) is 1.90. The quantitative estimate of drug-likeness (QED) is 0.900. The maximum absolute atomic E-state index is 5.93. The van der Waals surface area contributed by atoms with Crippen molar-refractivity contribution in [2.45, 2.75) is 24.6 Å². The molecule has 0 aliphatic carbocycles. The van der Waals surface area contributed by atoms with Gasteiger partial charge in [0.15, 0.2) is 5.82 Å². The van der Waals surface area contributed by atoms with Crippen LogP contribution in [0.25, 0.3) is 11.4 Å². The topological polar surface area (TPSA) is 74.6 Å². The lowest BCUT2D eigenvalue weighted by molar-refractivity contribution is 0.562. The Morgan fingerprint density at radius 2 is 2.44 bits per heavy atom. The lowest BCUT2D eigenvalue weighted by Crippen LogP contribution is -2.13. The molecule has 7 heteroatoms. The molecule has 1 unspecified atom stereocenters. The molecule has 1 aliphatic rings. The van der Waals surface area contributed by atoms with Crippen molar-refractivity contribution < 1.29 is 0 Å². The predicted molar refractivity (Wildman–Crippen MR) is 72.1 cm³/mol. The molecule has 2 N–H and O–H groups in total. The Hall–Kier alpha value is -1.50. The number of hydrogen-bond donors (Lipinski definition) is 1. The van der Waals surface area contributed by atoms with Gasteiger partial charge in [-0.05, 0) is 24.7 Å². The normalized spacial score (nSPS) is 19.5. The first-order valence-electron chi connectivity index (χ1n) is 6.04. The third-order valence-electron chi connectivity index (χ3n) is 3.23. The standard InChI is InChI=1S/C11H16N6S/c1-16-9(4-5-13-16)10-11(12)14-15-17(10)7-8-3-2-6-18-8/h4-5,8H,2-3,6-7,12H2,1H3. The van der Waals surface area contributed by atoms with E-state index in [2.05, 4.69) is 15.4 Å². The zero-order valence-electron chi connectivity index (χ0n) is 10.3. The van der Waals surface area contributed by atoms with E-state index < -0.39 is 0 Å². The monoisotopic (exact) mass is 264 g/mol. The van der Waals surface area contributed by atoms with Gasteiger partial charge < -0.3 is 5.73 Å². The first-order chi connectivity index (χ1) is 8.75. The molecule has 1 saturated heterocycles. The van der Waals surface area contributed by atoms with Gasteiger partial charge in [-0.15, -0.1) is 5.10 Å². The molecule has 1 atom stereocenters. The van der Waals surface area contributed by atoms with Gasteiger partial charge >= 0.3 is 0 Å². The molecular weight excluding hydrogens is 248 g/mol. The van der Waals surface area contributed by atoms with Gasteiger partial charge in [-0.2, -0.15) is 16.9 Å². The molecule has 0 radical (unpaired) electrons.